The van der Waals surface area contributed by atoms with E-state index >= 15 is 0 Å². The monoisotopic (exact) mass is 449 g/mol. The smallest absolute Gasteiger partial charge is 0.293 e. The van der Waals surface area contributed by atoms with Crippen LogP contribution in [0, 0.1) is 0 Å². The maximum absolute atomic E-state index is 13.1. The number of hydrogen-bond acceptors (Lipinski definition) is 8. The minimum Gasteiger partial charge on any atom is -0.493 e. The highest BCUT2D eigenvalue weighted by atomic mass is 32.2. The fourth-order valence-electron chi connectivity index (χ4n) is 3.12. The molecule has 11 heteroatoms. The number of benzene rings is 1. The summed E-state index contributed by atoms with van der Waals surface area (Å²) in [5.41, 5.74) is 0.786. The van der Waals surface area contributed by atoms with Gasteiger partial charge < -0.3 is 13.9 Å². The molecule has 0 fully saturated rings. The molecule has 3 heterocycles. The largest absolute Gasteiger partial charge is 0.493 e. The molecule has 0 unspecified atom stereocenters. The normalized spacial score (nSPS) is 14.2. The third kappa shape index (κ3) is 3.78. The second kappa shape index (κ2) is 8.09. The van der Waals surface area contributed by atoms with Crippen LogP contribution in [0.2, 0.25) is 0 Å². The molecule has 0 atom stereocenters. The van der Waals surface area contributed by atoms with Crippen molar-refractivity contribution in [3.05, 3.63) is 52.9 Å². The average molecular weight is 450 g/mol. The molecule has 0 bridgehead atoms. The molecule has 1 aromatic carbocycles. The highest BCUT2D eigenvalue weighted by Crippen LogP contribution is 2.34. The number of methoxy groups -OCH3 is 2. The number of carbonyl (C=O) groups is 1. The summed E-state index contributed by atoms with van der Waals surface area (Å²) in [6, 6.07) is 7.69. The topological polar surface area (TPSA) is 111 Å². The molecule has 2 aromatic heterocycles. The van der Waals surface area contributed by atoms with Gasteiger partial charge in [-0.15, -0.1) is 11.3 Å². The lowest BCUT2D eigenvalue weighted by molar-refractivity contribution is 0.0996. The van der Waals surface area contributed by atoms with Crippen LogP contribution >= 0.6 is 11.3 Å². The number of rotatable bonds is 6. The van der Waals surface area contributed by atoms with Crippen LogP contribution in [-0.2, 0) is 23.0 Å². The number of ether oxygens (including phenoxy) is 2. The van der Waals surface area contributed by atoms with E-state index in [-0.39, 0.29) is 17.2 Å². The van der Waals surface area contributed by atoms with Crippen molar-refractivity contribution in [2.24, 2.45) is 0 Å². The molecule has 0 saturated heterocycles. The van der Waals surface area contributed by atoms with Gasteiger partial charge in [0, 0.05) is 23.9 Å². The fraction of sp³-hybridized carbons (Fsp3) is 0.263. The molecule has 1 N–H and O–H groups in total. The summed E-state index contributed by atoms with van der Waals surface area (Å²) in [7, 11) is -0.791. The number of thiazole rings is 1. The van der Waals surface area contributed by atoms with E-state index in [1.807, 2.05) is 0 Å². The van der Waals surface area contributed by atoms with Crippen molar-refractivity contribution in [2.75, 3.05) is 26.1 Å². The van der Waals surface area contributed by atoms with Crippen molar-refractivity contribution in [3.8, 4) is 11.5 Å². The van der Waals surface area contributed by atoms with Crippen molar-refractivity contribution in [2.45, 2.75) is 17.9 Å². The number of furan rings is 1. The third-order valence-electron chi connectivity index (χ3n) is 4.65. The number of amides is 1. The molecule has 1 aliphatic heterocycles. The van der Waals surface area contributed by atoms with Crippen LogP contribution in [0.15, 0.2) is 45.9 Å². The Morgan fingerprint density at radius 2 is 2.03 bits per heavy atom. The van der Waals surface area contributed by atoms with E-state index in [0.717, 1.165) is 10.6 Å². The number of fused-ring (bicyclic) bond motifs is 1. The van der Waals surface area contributed by atoms with Gasteiger partial charge in [0.1, 0.15) is 0 Å². The number of nitrogens with zero attached hydrogens (tertiary/aromatic N) is 2. The summed E-state index contributed by atoms with van der Waals surface area (Å²) < 4.78 is 43.1. The Labute approximate surface area is 177 Å². The highest BCUT2D eigenvalue weighted by molar-refractivity contribution is 7.89. The van der Waals surface area contributed by atoms with E-state index in [9.17, 15) is 13.2 Å². The molecule has 3 aromatic rings. The minimum absolute atomic E-state index is 0.125. The van der Waals surface area contributed by atoms with Gasteiger partial charge in [0.2, 0.25) is 10.0 Å². The number of nitrogens with one attached hydrogen (secondary N) is 1. The van der Waals surface area contributed by atoms with Gasteiger partial charge in [-0.05, 0) is 24.3 Å². The quantitative estimate of drug-likeness (QED) is 0.616. The second-order valence-corrected chi connectivity index (χ2v) is 9.45. The first kappa shape index (κ1) is 20.4. The van der Waals surface area contributed by atoms with Crippen molar-refractivity contribution < 1.29 is 27.1 Å². The van der Waals surface area contributed by atoms with Crippen LogP contribution in [0.4, 0.5) is 5.13 Å². The van der Waals surface area contributed by atoms with Gasteiger partial charge in [0.25, 0.3) is 5.91 Å². The van der Waals surface area contributed by atoms with E-state index < -0.39 is 15.9 Å². The Balaban J connectivity index is 1.54. The van der Waals surface area contributed by atoms with E-state index in [2.05, 4.69) is 10.3 Å². The molecule has 9 nitrogen and oxygen atoms in total. The molecule has 1 amide bonds. The number of aromatic nitrogens is 1. The molecule has 0 aliphatic carbocycles. The van der Waals surface area contributed by atoms with Crippen molar-refractivity contribution in [3.63, 3.8) is 0 Å². The van der Waals surface area contributed by atoms with Crippen LogP contribution in [0.3, 0.4) is 0 Å². The van der Waals surface area contributed by atoms with E-state index in [1.165, 1.54) is 48.3 Å². The van der Waals surface area contributed by atoms with Crippen molar-refractivity contribution in [1.29, 1.82) is 0 Å². The minimum atomic E-state index is -3.74. The van der Waals surface area contributed by atoms with Gasteiger partial charge in [-0.1, -0.05) is 0 Å². The summed E-state index contributed by atoms with van der Waals surface area (Å²) in [4.78, 5) is 17.5. The van der Waals surface area contributed by atoms with E-state index in [1.54, 1.807) is 18.2 Å². The zero-order chi connectivity index (χ0) is 21.3. The maximum atomic E-state index is 13.1. The second-order valence-electron chi connectivity index (χ2n) is 6.43. The Hall–Kier alpha value is -2.89. The SMILES string of the molecule is COc1ccc(S(=O)(=O)N2CCc3nc(NC(=O)c4ccco4)sc3C2)cc1OC. The van der Waals surface area contributed by atoms with Gasteiger partial charge in [-0.3, -0.25) is 10.1 Å². The zero-order valence-electron chi connectivity index (χ0n) is 16.2. The number of sulfonamides is 1. The Morgan fingerprint density at radius 1 is 1.23 bits per heavy atom. The summed E-state index contributed by atoms with van der Waals surface area (Å²) >= 11 is 1.25. The Bertz CT molecular complexity index is 1170. The zero-order valence-corrected chi connectivity index (χ0v) is 17.9. The summed E-state index contributed by atoms with van der Waals surface area (Å²) in [5.74, 6) is 0.579. The van der Waals surface area contributed by atoms with Crippen molar-refractivity contribution >= 4 is 32.4 Å². The maximum Gasteiger partial charge on any atom is 0.293 e. The first-order valence-electron chi connectivity index (χ1n) is 8.98. The fourth-order valence-corrected chi connectivity index (χ4v) is 5.65. The van der Waals surface area contributed by atoms with Gasteiger partial charge in [-0.25, -0.2) is 13.4 Å². The number of hydrogen-bond donors (Lipinski definition) is 1. The Morgan fingerprint density at radius 3 is 2.73 bits per heavy atom. The first-order valence-corrected chi connectivity index (χ1v) is 11.2. The van der Waals surface area contributed by atoms with Gasteiger partial charge in [-0.2, -0.15) is 4.31 Å². The molecule has 1 aliphatic rings. The molecule has 0 radical (unpaired) electrons. The lowest BCUT2D eigenvalue weighted by Crippen LogP contribution is -2.35. The molecular weight excluding hydrogens is 430 g/mol. The molecule has 4 rings (SSSR count). The number of carbonyl (C=O) groups excluding carboxylic acids is 1. The summed E-state index contributed by atoms with van der Waals surface area (Å²) in [6.07, 6.45) is 1.87. The molecular formula is C19H19N3O6S2. The lowest BCUT2D eigenvalue weighted by Gasteiger charge is -2.25. The van der Waals surface area contributed by atoms with E-state index in [0.29, 0.717) is 29.6 Å². The van der Waals surface area contributed by atoms with Crippen LogP contribution < -0.4 is 14.8 Å². The van der Waals surface area contributed by atoms with Gasteiger partial charge in [0.15, 0.2) is 22.4 Å². The van der Waals surface area contributed by atoms with Gasteiger partial charge in [0.05, 0.1) is 37.6 Å². The number of anilines is 1. The highest BCUT2D eigenvalue weighted by Gasteiger charge is 2.31. The van der Waals surface area contributed by atoms with Gasteiger partial charge >= 0.3 is 0 Å². The predicted molar refractivity (Wildman–Crippen MR) is 110 cm³/mol. The standard InChI is InChI=1S/C19H19N3O6S2/c1-26-14-6-5-12(10-16(14)27-2)30(24,25)22-8-7-13-17(11-22)29-19(20-13)21-18(23)15-4-3-9-28-15/h3-6,9-10H,7-8,11H2,1-2H3,(H,20,21,23). The molecule has 30 heavy (non-hydrogen) atoms. The molecule has 0 spiro atoms. The summed E-state index contributed by atoms with van der Waals surface area (Å²) in [5, 5.41) is 3.10. The first-order chi connectivity index (χ1) is 14.4. The van der Waals surface area contributed by atoms with Crippen LogP contribution in [-0.4, -0.2) is 44.4 Å². The predicted octanol–water partition coefficient (Wildman–Crippen LogP) is 2.75. The van der Waals surface area contributed by atoms with E-state index in [4.69, 9.17) is 13.9 Å². The Kier molecular flexibility index (Phi) is 5.50. The lowest BCUT2D eigenvalue weighted by atomic mass is 10.2. The summed E-state index contributed by atoms with van der Waals surface area (Å²) in [6.45, 7) is 0.472. The van der Waals surface area contributed by atoms with Crippen LogP contribution in [0.1, 0.15) is 21.1 Å². The third-order valence-corrected chi connectivity index (χ3v) is 7.49. The van der Waals surface area contributed by atoms with Crippen molar-refractivity contribution in [1.82, 2.24) is 9.29 Å². The van der Waals surface area contributed by atoms with Crippen LogP contribution in [0.5, 0.6) is 11.5 Å². The molecule has 158 valence electrons. The average Bonchev–Trinajstić information content (AvgIpc) is 3.42. The molecule has 0 saturated carbocycles. The van der Waals surface area contributed by atoms with Crippen LogP contribution in [0.25, 0.3) is 0 Å².